The first-order chi connectivity index (χ1) is 12.1. The second-order valence-electron chi connectivity index (χ2n) is 5.03. The molecule has 2 rings (SSSR count). The third kappa shape index (κ3) is 5.88. The van der Waals surface area contributed by atoms with Crippen molar-refractivity contribution in [3.05, 3.63) is 56.8 Å². The number of hydrogen-bond acceptors (Lipinski definition) is 6. The van der Waals surface area contributed by atoms with Crippen molar-refractivity contribution >= 4 is 34.5 Å². The number of amides is 2. The van der Waals surface area contributed by atoms with Crippen molar-refractivity contribution in [2.24, 2.45) is 0 Å². The Kier molecular flexibility index (Phi) is 6.90. The highest BCUT2D eigenvalue weighted by Crippen LogP contribution is 2.22. The Morgan fingerprint density at radius 1 is 1.04 bits per heavy atom. The highest BCUT2D eigenvalue weighted by Gasteiger charge is 2.11. The van der Waals surface area contributed by atoms with Crippen molar-refractivity contribution in [3.63, 3.8) is 0 Å². The zero-order valence-corrected chi connectivity index (χ0v) is 14.2. The highest BCUT2D eigenvalue weighted by atomic mass is 32.1. The van der Waals surface area contributed by atoms with Gasteiger partial charge in [0, 0.05) is 32.1 Å². The number of rotatable bonds is 9. The molecule has 0 spiro atoms. The quantitative estimate of drug-likeness (QED) is 0.359. The van der Waals surface area contributed by atoms with Crippen molar-refractivity contribution in [1.82, 2.24) is 10.6 Å². The minimum absolute atomic E-state index is 0.00915. The van der Waals surface area contributed by atoms with Crippen LogP contribution in [0.3, 0.4) is 0 Å². The number of nitrogens with zero attached hydrogens (tertiary/aromatic N) is 1. The van der Waals surface area contributed by atoms with Gasteiger partial charge in [0.15, 0.2) is 0 Å². The molecule has 1 aromatic heterocycles. The molecule has 2 amide bonds. The Hall–Kier alpha value is -2.94. The zero-order valence-electron chi connectivity index (χ0n) is 13.4. The lowest BCUT2D eigenvalue weighted by molar-refractivity contribution is -0.384. The first-order valence-corrected chi connectivity index (χ1v) is 8.51. The van der Waals surface area contributed by atoms with Crippen LogP contribution in [0.15, 0.2) is 41.8 Å². The van der Waals surface area contributed by atoms with Crippen LogP contribution in [-0.2, 0) is 4.79 Å². The largest absolute Gasteiger partial charge is 0.378 e. The second kappa shape index (κ2) is 9.38. The number of hydrogen-bond donors (Lipinski definition) is 3. The second-order valence-corrected chi connectivity index (χ2v) is 5.98. The number of carbonyl (C=O) groups is 2. The van der Waals surface area contributed by atoms with Crippen LogP contribution in [-0.4, -0.2) is 36.4 Å². The van der Waals surface area contributed by atoms with Crippen LogP contribution in [0.5, 0.6) is 0 Å². The molecule has 0 saturated heterocycles. The summed E-state index contributed by atoms with van der Waals surface area (Å²) in [6.07, 6.45) is 0.169. The van der Waals surface area contributed by atoms with Crippen molar-refractivity contribution in [3.8, 4) is 0 Å². The fourth-order valence-corrected chi connectivity index (χ4v) is 2.69. The Labute approximate surface area is 148 Å². The Bertz CT molecular complexity index is 733. The fraction of sp³-hybridized carbons (Fsp3) is 0.250. The molecular weight excluding hydrogens is 344 g/mol. The van der Waals surface area contributed by atoms with E-state index in [2.05, 4.69) is 16.0 Å². The first-order valence-electron chi connectivity index (χ1n) is 7.63. The summed E-state index contributed by atoms with van der Waals surface area (Å²) in [5.74, 6) is -0.392. The molecule has 0 aliphatic heterocycles. The van der Waals surface area contributed by atoms with Gasteiger partial charge in [0.05, 0.1) is 9.80 Å². The molecule has 25 heavy (non-hydrogen) atoms. The van der Waals surface area contributed by atoms with E-state index in [0.29, 0.717) is 23.7 Å². The van der Waals surface area contributed by atoms with E-state index >= 15 is 0 Å². The Morgan fingerprint density at radius 2 is 1.84 bits per heavy atom. The maximum atomic E-state index is 11.7. The molecule has 0 bridgehead atoms. The maximum absolute atomic E-state index is 11.7. The molecule has 0 unspecified atom stereocenters. The molecule has 0 aliphatic rings. The van der Waals surface area contributed by atoms with Gasteiger partial charge in [0.2, 0.25) is 5.91 Å². The van der Waals surface area contributed by atoms with Gasteiger partial charge in [-0.2, -0.15) is 0 Å². The normalized spacial score (nSPS) is 10.1. The van der Waals surface area contributed by atoms with Gasteiger partial charge < -0.3 is 16.0 Å². The fourth-order valence-electron chi connectivity index (χ4n) is 2.05. The van der Waals surface area contributed by atoms with Gasteiger partial charge in [-0.15, -0.1) is 11.3 Å². The van der Waals surface area contributed by atoms with Crippen LogP contribution in [0.2, 0.25) is 0 Å². The molecule has 1 heterocycles. The molecular formula is C16H18N4O4S. The van der Waals surface area contributed by atoms with Crippen LogP contribution in [0, 0.1) is 10.1 Å². The highest BCUT2D eigenvalue weighted by molar-refractivity contribution is 7.12. The topological polar surface area (TPSA) is 113 Å². The molecule has 132 valence electrons. The monoisotopic (exact) mass is 362 g/mol. The van der Waals surface area contributed by atoms with Crippen LogP contribution in [0.4, 0.5) is 11.4 Å². The molecule has 8 nitrogen and oxygen atoms in total. The predicted molar refractivity (Wildman–Crippen MR) is 95.9 cm³/mol. The van der Waals surface area contributed by atoms with Gasteiger partial charge in [-0.25, -0.2) is 0 Å². The summed E-state index contributed by atoms with van der Waals surface area (Å²) in [5, 5.41) is 21.0. The van der Waals surface area contributed by atoms with Crippen LogP contribution in [0.1, 0.15) is 16.1 Å². The van der Waals surface area contributed by atoms with Crippen molar-refractivity contribution in [2.45, 2.75) is 6.42 Å². The number of benzene rings is 1. The molecule has 0 atom stereocenters. The lowest BCUT2D eigenvalue weighted by Gasteiger charge is -2.08. The summed E-state index contributed by atoms with van der Waals surface area (Å²) in [6.45, 7) is 0.933. The average Bonchev–Trinajstić information content (AvgIpc) is 3.13. The van der Waals surface area contributed by atoms with E-state index in [9.17, 15) is 19.7 Å². The van der Waals surface area contributed by atoms with Gasteiger partial charge in [0.1, 0.15) is 5.69 Å². The summed E-state index contributed by atoms with van der Waals surface area (Å²) in [6, 6.07) is 9.82. The third-order valence-corrected chi connectivity index (χ3v) is 4.11. The minimum atomic E-state index is -0.461. The van der Waals surface area contributed by atoms with Crippen molar-refractivity contribution in [1.29, 1.82) is 0 Å². The Balaban J connectivity index is 1.63. The average molecular weight is 362 g/mol. The predicted octanol–water partition coefficient (Wildman–Crippen LogP) is 2.00. The van der Waals surface area contributed by atoms with Crippen molar-refractivity contribution < 1.29 is 14.5 Å². The molecule has 2 aromatic rings. The number of carbonyl (C=O) groups excluding carboxylic acids is 2. The van der Waals surface area contributed by atoms with Gasteiger partial charge >= 0.3 is 0 Å². The smallest absolute Gasteiger partial charge is 0.292 e. The van der Waals surface area contributed by atoms with E-state index in [1.807, 2.05) is 5.38 Å². The number of anilines is 1. The number of nitro groups is 1. The van der Waals surface area contributed by atoms with E-state index in [1.165, 1.54) is 17.4 Å². The Morgan fingerprint density at radius 3 is 2.56 bits per heavy atom. The van der Waals surface area contributed by atoms with Gasteiger partial charge in [-0.1, -0.05) is 18.2 Å². The van der Waals surface area contributed by atoms with Gasteiger partial charge in [-0.05, 0) is 17.5 Å². The molecule has 0 fully saturated rings. The van der Waals surface area contributed by atoms with E-state index in [0.717, 1.165) is 0 Å². The maximum Gasteiger partial charge on any atom is 0.292 e. The summed E-state index contributed by atoms with van der Waals surface area (Å²) < 4.78 is 0. The van der Waals surface area contributed by atoms with Crippen LogP contribution >= 0.6 is 11.3 Å². The number of thiophene rings is 1. The van der Waals surface area contributed by atoms with E-state index in [4.69, 9.17) is 0 Å². The third-order valence-electron chi connectivity index (χ3n) is 3.25. The molecule has 3 N–H and O–H groups in total. The van der Waals surface area contributed by atoms with E-state index in [-0.39, 0.29) is 30.5 Å². The number of nitrogens with one attached hydrogen (secondary N) is 3. The summed E-state index contributed by atoms with van der Waals surface area (Å²) in [4.78, 5) is 34.4. The molecule has 1 aromatic carbocycles. The summed E-state index contributed by atoms with van der Waals surface area (Å²) in [7, 11) is 0. The summed E-state index contributed by atoms with van der Waals surface area (Å²) >= 11 is 1.34. The number of nitro benzene ring substituents is 1. The van der Waals surface area contributed by atoms with Gasteiger partial charge in [0.25, 0.3) is 11.6 Å². The molecule has 0 saturated carbocycles. The standard InChI is InChI=1S/C16H18N4O4S/c21-15(7-8-19-16(22)14-6-3-11-25-14)18-10-9-17-12-4-1-2-5-13(12)20(23)24/h1-6,11,17H,7-10H2,(H,18,21)(H,19,22). The SMILES string of the molecule is O=C(CCNC(=O)c1cccs1)NCCNc1ccccc1[N+](=O)[O-]. The first kappa shape index (κ1) is 18.4. The number of para-hydroxylation sites is 2. The minimum Gasteiger partial charge on any atom is -0.378 e. The molecule has 0 aliphatic carbocycles. The van der Waals surface area contributed by atoms with Crippen LogP contribution in [0.25, 0.3) is 0 Å². The summed E-state index contributed by atoms with van der Waals surface area (Å²) in [5.41, 5.74) is 0.398. The lowest BCUT2D eigenvalue weighted by atomic mass is 10.2. The van der Waals surface area contributed by atoms with Crippen LogP contribution < -0.4 is 16.0 Å². The molecule has 9 heteroatoms. The molecule has 0 radical (unpaired) electrons. The van der Waals surface area contributed by atoms with E-state index in [1.54, 1.807) is 30.3 Å². The van der Waals surface area contributed by atoms with Gasteiger partial charge in [-0.3, -0.25) is 19.7 Å². The lowest BCUT2D eigenvalue weighted by Crippen LogP contribution is -2.32. The zero-order chi connectivity index (χ0) is 18.1. The van der Waals surface area contributed by atoms with Crippen molar-refractivity contribution in [2.75, 3.05) is 25.0 Å². The van der Waals surface area contributed by atoms with E-state index < -0.39 is 4.92 Å².